The molecule has 0 heterocycles. The molecule has 0 fully saturated rings. The molecule has 1 atom stereocenters. The largest absolute Gasteiger partial charge is 0.467 e. The second-order valence-electron chi connectivity index (χ2n) is 10.1. The Morgan fingerprint density at radius 1 is 0.875 bits per heavy atom. The van der Waals surface area contributed by atoms with E-state index >= 15 is 0 Å². The number of amides is 1. The van der Waals surface area contributed by atoms with Crippen molar-refractivity contribution in [3.8, 4) is 0 Å². The van der Waals surface area contributed by atoms with Crippen LogP contribution in [0.25, 0.3) is 0 Å². The molecule has 0 unspecified atom stereocenters. The number of esters is 1. The van der Waals surface area contributed by atoms with Crippen LogP contribution in [0.4, 0.5) is 4.79 Å². The van der Waals surface area contributed by atoms with E-state index in [0.717, 1.165) is 6.04 Å². The maximum atomic E-state index is 12.6. The zero-order valence-corrected chi connectivity index (χ0v) is 21.4. The van der Waals surface area contributed by atoms with E-state index in [4.69, 9.17) is 9.47 Å². The summed E-state index contributed by atoms with van der Waals surface area (Å²) in [5, 5.41) is 5.31. The van der Waals surface area contributed by atoms with E-state index in [0.29, 0.717) is 6.42 Å². The highest BCUT2D eigenvalue weighted by Crippen LogP contribution is 2.39. The molecule has 0 saturated carbocycles. The molecule has 0 spiro atoms. The average Bonchev–Trinajstić information content (AvgIpc) is 2.72. The Kier molecular flexibility index (Phi) is 8.29. The van der Waals surface area contributed by atoms with Crippen molar-refractivity contribution < 1.29 is 19.1 Å². The van der Waals surface area contributed by atoms with Gasteiger partial charge in [0.25, 0.3) is 0 Å². The minimum atomic E-state index is -2.37. The first-order chi connectivity index (χ1) is 14.9. The zero-order valence-electron chi connectivity index (χ0n) is 20.4. The van der Waals surface area contributed by atoms with Gasteiger partial charge in [-0.2, -0.15) is 0 Å². The van der Waals surface area contributed by atoms with E-state index < -0.39 is 31.8 Å². The van der Waals surface area contributed by atoms with Gasteiger partial charge in [-0.25, -0.2) is 9.59 Å². The molecule has 0 aliphatic carbocycles. The summed E-state index contributed by atoms with van der Waals surface area (Å²) in [6.07, 6.45) is -0.158. The summed E-state index contributed by atoms with van der Waals surface area (Å²) < 4.78 is 10.4. The van der Waals surface area contributed by atoms with Crippen LogP contribution in [-0.4, -0.2) is 38.9 Å². The number of hydrogen-bond donors (Lipinski definition) is 1. The number of rotatable bonds is 7. The lowest BCUT2D eigenvalue weighted by molar-refractivity contribution is -0.143. The topological polar surface area (TPSA) is 64.6 Å². The highest BCUT2D eigenvalue weighted by atomic mass is 28.3. The first-order valence-corrected chi connectivity index (χ1v) is 13.3. The second-order valence-corrected chi connectivity index (χ2v) is 15.1. The lowest BCUT2D eigenvalue weighted by Crippen LogP contribution is -2.64. The molecular formula is C26H37NO4Si. The molecule has 0 radical (unpaired) electrons. The SMILES string of the molecule is COC(=O)[C@@H](CC[Si](c1ccccc1)(c1ccccc1)C(C)(C)C)NC(=O)OC(C)(C)C. The van der Waals surface area contributed by atoms with Gasteiger partial charge in [0.15, 0.2) is 0 Å². The first kappa shape index (κ1) is 25.7. The molecule has 1 amide bonds. The predicted octanol–water partition coefficient (Wildman–Crippen LogP) is 4.51. The van der Waals surface area contributed by atoms with Crippen molar-refractivity contribution in [2.24, 2.45) is 0 Å². The van der Waals surface area contributed by atoms with Crippen LogP contribution in [0.1, 0.15) is 48.0 Å². The molecule has 0 aliphatic heterocycles. The van der Waals surface area contributed by atoms with Gasteiger partial charge in [-0.15, -0.1) is 0 Å². The highest BCUT2D eigenvalue weighted by Gasteiger charge is 2.47. The summed E-state index contributed by atoms with van der Waals surface area (Å²) in [7, 11) is -1.03. The van der Waals surface area contributed by atoms with Crippen molar-refractivity contribution in [3.63, 3.8) is 0 Å². The Morgan fingerprint density at radius 2 is 1.34 bits per heavy atom. The van der Waals surface area contributed by atoms with Gasteiger partial charge < -0.3 is 14.8 Å². The summed E-state index contributed by atoms with van der Waals surface area (Å²) >= 11 is 0. The fourth-order valence-electron chi connectivity index (χ4n) is 4.34. The first-order valence-electron chi connectivity index (χ1n) is 11.1. The van der Waals surface area contributed by atoms with Crippen LogP contribution in [0.5, 0.6) is 0 Å². The van der Waals surface area contributed by atoms with E-state index in [1.54, 1.807) is 20.8 Å². The molecule has 1 N–H and O–H groups in total. The van der Waals surface area contributed by atoms with Crippen LogP contribution in [-0.2, 0) is 14.3 Å². The molecule has 2 aromatic carbocycles. The Hall–Kier alpha value is -2.60. The lowest BCUT2D eigenvalue weighted by atomic mass is 10.2. The summed E-state index contributed by atoms with van der Waals surface area (Å²) in [4.78, 5) is 25.0. The normalized spacial score (nSPS) is 13.2. The summed E-state index contributed by atoms with van der Waals surface area (Å²) in [5.74, 6) is -0.464. The van der Waals surface area contributed by atoms with Crippen molar-refractivity contribution >= 4 is 30.5 Å². The molecular weight excluding hydrogens is 418 g/mol. The van der Waals surface area contributed by atoms with E-state index in [2.05, 4.69) is 74.6 Å². The van der Waals surface area contributed by atoms with Crippen molar-refractivity contribution in [2.75, 3.05) is 7.11 Å². The van der Waals surface area contributed by atoms with Gasteiger partial charge in [-0.05, 0) is 38.3 Å². The number of carbonyl (C=O) groups is 2. The zero-order chi connectivity index (χ0) is 24.0. The van der Waals surface area contributed by atoms with Gasteiger partial charge in [-0.3, -0.25) is 0 Å². The standard InChI is InChI=1S/C26H37NO4Si/c1-25(2,3)31-24(29)27-22(23(28)30-7)18-19-32(26(4,5)6,20-14-10-8-11-15-20)21-16-12-9-13-17-21/h8-17,22H,18-19H2,1-7H3,(H,27,29)/t22-/m1/s1. The molecule has 6 heteroatoms. The molecule has 0 aliphatic rings. The van der Waals surface area contributed by atoms with Gasteiger partial charge in [0.05, 0.1) is 7.11 Å². The highest BCUT2D eigenvalue weighted by molar-refractivity contribution is 7.04. The summed E-state index contributed by atoms with van der Waals surface area (Å²) in [5.41, 5.74) is -0.650. The number of methoxy groups -OCH3 is 1. The second kappa shape index (κ2) is 10.3. The number of benzene rings is 2. The number of hydrogen-bond acceptors (Lipinski definition) is 4. The number of carbonyl (C=O) groups excluding carboxylic acids is 2. The van der Waals surface area contributed by atoms with Crippen molar-refractivity contribution in [1.29, 1.82) is 0 Å². The van der Waals surface area contributed by atoms with Gasteiger partial charge in [0, 0.05) is 0 Å². The quantitative estimate of drug-likeness (QED) is 0.493. The maximum Gasteiger partial charge on any atom is 0.408 e. The maximum absolute atomic E-state index is 12.6. The molecule has 2 aromatic rings. The minimum Gasteiger partial charge on any atom is -0.467 e. The smallest absolute Gasteiger partial charge is 0.408 e. The van der Waals surface area contributed by atoms with Gasteiger partial charge in [0.2, 0.25) is 0 Å². The molecule has 0 saturated heterocycles. The lowest BCUT2D eigenvalue weighted by Gasteiger charge is -2.45. The average molecular weight is 456 g/mol. The Bertz CT molecular complexity index is 846. The van der Waals surface area contributed by atoms with Gasteiger partial charge in [0.1, 0.15) is 19.7 Å². The van der Waals surface area contributed by atoms with Crippen LogP contribution in [0, 0.1) is 0 Å². The van der Waals surface area contributed by atoms with Crippen LogP contribution in [0.3, 0.4) is 0 Å². The summed E-state index contributed by atoms with van der Waals surface area (Å²) in [6, 6.07) is 21.1. The van der Waals surface area contributed by atoms with E-state index in [1.165, 1.54) is 17.5 Å². The number of nitrogens with one attached hydrogen (secondary N) is 1. The third-order valence-corrected chi connectivity index (χ3v) is 12.0. The Labute approximate surface area is 193 Å². The molecule has 0 bridgehead atoms. The third kappa shape index (κ3) is 6.22. The fraction of sp³-hybridized carbons (Fsp3) is 0.462. The molecule has 0 aromatic heterocycles. The summed E-state index contributed by atoms with van der Waals surface area (Å²) in [6.45, 7) is 12.2. The van der Waals surface area contributed by atoms with Crippen LogP contribution < -0.4 is 15.7 Å². The third-order valence-electron chi connectivity index (χ3n) is 5.80. The van der Waals surface area contributed by atoms with Crippen LogP contribution in [0.15, 0.2) is 60.7 Å². The van der Waals surface area contributed by atoms with Gasteiger partial charge in [-0.1, -0.05) is 91.8 Å². The van der Waals surface area contributed by atoms with Crippen molar-refractivity contribution in [1.82, 2.24) is 5.32 Å². The monoisotopic (exact) mass is 455 g/mol. The molecule has 2 rings (SSSR count). The van der Waals surface area contributed by atoms with Crippen molar-refractivity contribution in [2.45, 2.75) is 70.7 Å². The van der Waals surface area contributed by atoms with E-state index in [9.17, 15) is 9.59 Å². The van der Waals surface area contributed by atoms with Crippen molar-refractivity contribution in [3.05, 3.63) is 60.7 Å². The Balaban J connectivity index is 2.46. The van der Waals surface area contributed by atoms with Crippen LogP contribution in [0.2, 0.25) is 11.1 Å². The van der Waals surface area contributed by atoms with E-state index in [1.807, 2.05) is 12.1 Å². The molecule has 5 nitrogen and oxygen atoms in total. The molecule has 174 valence electrons. The van der Waals surface area contributed by atoms with Crippen LogP contribution >= 0.6 is 0 Å². The molecule has 32 heavy (non-hydrogen) atoms. The predicted molar refractivity (Wildman–Crippen MR) is 132 cm³/mol. The van der Waals surface area contributed by atoms with E-state index in [-0.39, 0.29) is 5.04 Å². The minimum absolute atomic E-state index is 0.0394. The number of ether oxygens (including phenoxy) is 2. The van der Waals surface area contributed by atoms with Gasteiger partial charge >= 0.3 is 12.1 Å². The fourth-order valence-corrected chi connectivity index (χ4v) is 9.98. The Morgan fingerprint density at radius 3 is 1.72 bits per heavy atom. The number of alkyl carbamates (subject to hydrolysis) is 1.